The average Bonchev–Trinajstić information content (AvgIpc) is 2.61. The second-order valence-electron chi connectivity index (χ2n) is 6.89. The van der Waals surface area contributed by atoms with Gasteiger partial charge in [0.05, 0.1) is 22.7 Å². The molecule has 5 heteroatoms. The summed E-state index contributed by atoms with van der Waals surface area (Å²) in [5.74, 6) is 0.576. The first-order valence-corrected chi connectivity index (χ1v) is 9.48. The highest BCUT2D eigenvalue weighted by atomic mass is 16.5. The summed E-state index contributed by atoms with van der Waals surface area (Å²) >= 11 is 0. The van der Waals surface area contributed by atoms with Crippen molar-refractivity contribution in [3.63, 3.8) is 0 Å². The predicted octanol–water partition coefficient (Wildman–Crippen LogP) is 5.11. The zero-order chi connectivity index (χ0) is 18.7. The van der Waals surface area contributed by atoms with Crippen molar-refractivity contribution in [2.75, 3.05) is 5.32 Å². The van der Waals surface area contributed by atoms with Crippen LogP contribution in [0.1, 0.15) is 58.4 Å². The van der Waals surface area contributed by atoms with Gasteiger partial charge in [-0.05, 0) is 26.2 Å². The van der Waals surface area contributed by atoms with Crippen LogP contribution in [0.15, 0.2) is 33.1 Å². The van der Waals surface area contributed by atoms with Gasteiger partial charge in [-0.2, -0.15) is 0 Å². The van der Waals surface area contributed by atoms with Gasteiger partial charge in [0.1, 0.15) is 17.1 Å². The van der Waals surface area contributed by atoms with Crippen LogP contribution in [-0.4, -0.2) is 11.2 Å². The van der Waals surface area contributed by atoms with Crippen LogP contribution in [-0.2, 0) is 6.42 Å². The number of phenolic OH excluding ortho intramolecular Hbond substituents is 1. The lowest BCUT2D eigenvalue weighted by atomic mass is 10.0. The third-order valence-electron chi connectivity index (χ3n) is 4.83. The molecule has 1 aromatic carbocycles. The first-order valence-electron chi connectivity index (χ1n) is 9.48. The molecule has 1 aromatic heterocycles. The van der Waals surface area contributed by atoms with E-state index in [1.807, 2.05) is 19.9 Å². The quantitative estimate of drug-likeness (QED) is 0.532. The Kier molecular flexibility index (Phi) is 5.55. The number of benzene rings is 1. The van der Waals surface area contributed by atoms with Gasteiger partial charge in [0.15, 0.2) is 0 Å². The van der Waals surface area contributed by atoms with Gasteiger partial charge in [0.25, 0.3) is 0 Å². The SMILES string of the molecule is CCCCCC(C)Oc1cc(O)c2c3c(c(=O)oc2c1)CC=C(CC)N3. The van der Waals surface area contributed by atoms with E-state index in [1.165, 1.54) is 12.8 Å². The van der Waals surface area contributed by atoms with E-state index < -0.39 is 0 Å². The van der Waals surface area contributed by atoms with Gasteiger partial charge in [0, 0.05) is 24.3 Å². The Morgan fingerprint density at radius 3 is 2.85 bits per heavy atom. The lowest BCUT2D eigenvalue weighted by Gasteiger charge is -2.20. The fraction of sp³-hybridized carbons (Fsp3) is 0.476. The molecule has 1 aliphatic heterocycles. The molecule has 2 N–H and O–H groups in total. The minimum atomic E-state index is -0.376. The van der Waals surface area contributed by atoms with Crippen molar-refractivity contribution in [3.05, 3.63) is 39.9 Å². The molecule has 5 nitrogen and oxygen atoms in total. The molecule has 1 atom stereocenters. The smallest absolute Gasteiger partial charge is 0.341 e. The topological polar surface area (TPSA) is 71.7 Å². The number of nitrogens with one attached hydrogen (secondary N) is 1. The fourth-order valence-electron chi connectivity index (χ4n) is 3.36. The van der Waals surface area contributed by atoms with E-state index in [2.05, 4.69) is 12.2 Å². The summed E-state index contributed by atoms with van der Waals surface area (Å²) in [6, 6.07) is 3.29. The van der Waals surface area contributed by atoms with Crippen molar-refractivity contribution < 1.29 is 14.3 Å². The summed E-state index contributed by atoms with van der Waals surface area (Å²) in [5, 5.41) is 14.4. The minimum Gasteiger partial charge on any atom is -0.507 e. The van der Waals surface area contributed by atoms with Gasteiger partial charge in [-0.25, -0.2) is 4.79 Å². The van der Waals surface area contributed by atoms with Crippen LogP contribution in [0.4, 0.5) is 5.69 Å². The summed E-state index contributed by atoms with van der Waals surface area (Å²) < 4.78 is 11.4. The van der Waals surface area contributed by atoms with E-state index in [1.54, 1.807) is 12.1 Å². The Labute approximate surface area is 153 Å². The second-order valence-corrected chi connectivity index (χ2v) is 6.89. The lowest BCUT2D eigenvalue weighted by Crippen LogP contribution is -2.17. The molecule has 1 unspecified atom stereocenters. The third-order valence-corrected chi connectivity index (χ3v) is 4.83. The molecule has 0 radical (unpaired) electrons. The molecule has 0 saturated carbocycles. The number of aromatic hydroxyl groups is 1. The first kappa shape index (κ1) is 18.4. The lowest BCUT2D eigenvalue weighted by molar-refractivity contribution is 0.206. The van der Waals surface area contributed by atoms with Gasteiger partial charge < -0.3 is 19.6 Å². The molecule has 0 amide bonds. The highest BCUT2D eigenvalue weighted by molar-refractivity contribution is 5.98. The number of hydrogen-bond acceptors (Lipinski definition) is 5. The number of hydrogen-bond donors (Lipinski definition) is 2. The molecular weight excluding hydrogens is 330 g/mol. The molecule has 0 spiro atoms. The highest BCUT2D eigenvalue weighted by Gasteiger charge is 2.21. The second kappa shape index (κ2) is 7.85. The van der Waals surface area contributed by atoms with E-state index in [9.17, 15) is 9.90 Å². The van der Waals surface area contributed by atoms with Gasteiger partial charge in [0.2, 0.25) is 0 Å². The van der Waals surface area contributed by atoms with Crippen LogP contribution < -0.4 is 15.7 Å². The molecular formula is C21H27NO4. The molecule has 2 aromatic rings. The molecule has 2 heterocycles. The first-order chi connectivity index (χ1) is 12.5. The number of allylic oxidation sites excluding steroid dienone is 2. The molecule has 0 bridgehead atoms. The third kappa shape index (κ3) is 3.71. The van der Waals surface area contributed by atoms with Crippen LogP contribution >= 0.6 is 0 Å². The largest absolute Gasteiger partial charge is 0.507 e. The molecule has 3 rings (SSSR count). The molecule has 0 aliphatic carbocycles. The Bertz CT molecular complexity index is 882. The maximum atomic E-state index is 12.3. The summed E-state index contributed by atoms with van der Waals surface area (Å²) in [6.45, 7) is 6.23. The van der Waals surface area contributed by atoms with E-state index >= 15 is 0 Å². The van der Waals surface area contributed by atoms with E-state index in [0.717, 1.165) is 25.0 Å². The monoisotopic (exact) mass is 357 g/mol. The summed E-state index contributed by atoms with van der Waals surface area (Å²) in [5.41, 5.74) is 2.20. The summed E-state index contributed by atoms with van der Waals surface area (Å²) in [7, 11) is 0. The van der Waals surface area contributed by atoms with E-state index in [-0.39, 0.29) is 17.5 Å². The van der Waals surface area contributed by atoms with Crippen LogP contribution in [0.3, 0.4) is 0 Å². The molecule has 26 heavy (non-hydrogen) atoms. The van der Waals surface area contributed by atoms with Crippen molar-refractivity contribution in [2.24, 2.45) is 0 Å². The van der Waals surface area contributed by atoms with Gasteiger partial charge in [-0.3, -0.25) is 0 Å². The maximum Gasteiger partial charge on any atom is 0.341 e. The number of anilines is 1. The highest BCUT2D eigenvalue weighted by Crippen LogP contribution is 2.39. The van der Waals surface area contributed by atoms with Crippen LogP contribution in [0.25, 0.3) is 11.0 Å². The van der Waals surface area contributed by atoms with E-state index in [4.69, 9.17) is 9.15 Å². The maximum absolute atomic E-state index is 12.3. The average molecular weight is 357 g/mol. The van der Waals surface area contributed by atoms with Crippen molar-refractivity contribution in [2.45, 2.75) is 65.4 Å². The molecule has 0 fully saturated rings. The summed E-state index contributed by atoms with van der Waals surface area (Å²) in [4.78, 5) is 12.3. The Hall–Kier alpha value is -2.43. The normalized spacial score (nSPS) is 14.5. The molecule has 1 aliphatic rings. The zero-order valence-corrected chi connectivity index (χ0v) is 15.7. The van der Waals surface area contributed by atoms with Crippen molar-refractivity contribution in [3.8, 4) is 11.5 Å². The van der Waals surface area contributed by atoms with Crippen molar-refractivity contribution in [1.29, 1.82) is 0 Å². The number of ether oxygens (including phenoxy) is 1. The standard InChI is InChI=1S/C21H27NO4/c1-4-6-7-8-13(3)25-15-11-17(23)19-18(12-15)26-21(24)16-10-9-14(5-2)22-20(16)19/h9,11-13,22-23H,4-8,10H2,1-3H3. The Morgan fingerprint density at radius 1 is 1.31 bits per heavy atom. The van der Waals surface area contributed by atoms with Crippen LogP contribution in [0.2, 0.25) is 0 Å². The zero-order valence-electron chi connectivity index (χ0n) is 15.7. The fourth-order valence-corrected chi connectivity index (χ4v) is 3.36. The van der Waals surface area contributed by atoms with Crippen molar-refractivity contribution >= 4 is 16.7 Å². The minimum absolute atomic E-state index is 0.0375. The molecule has 0 saturated heterocycles. The number of rotatable bonds is 7. The Balaban J connectivity index is 1.94. The molecule has 140 valence electrons. The number of phenols is 1. The number of fused-ring (bicyclic) bond motifs is 3. The Morgan fingerprint density at radius 2 is 2.12 bits per heavy atom. The van der Waals surface area contributed by atoms with E-state index in [0.29, 0.717) is 34.4 Å². The van der Waals surface area contributed by atoms with Gasteiger partial charge in [-0.15, -0.1) is 0 Å². The van der Waals surface area contributed by atoms with Crippen LogP contribution in [0.5, 0.6) is 11.5 Å². The summed E-state index contributed by atoms with van der Waals surface area (Å²) in [6.07, 6.45) is 7.77. The number of unbranched alkanes of at least 4 members (excludes halogenated alkanes) is 2. The van der Waals surface area contributed by atoms with Gasteiger partial charge in [-0.1, -0.05) is 32.8 Å². The van der Waals surface area contributed by atoms with Crippen LogP contribution in [0, 0.1) is 0 Å². The predicted molar refractivity (Wildman–Crippen MR) is 104 cm³/mol. The van der Waals surface area contributed by atoms with Gasteiger partial charge >= 0.3 is 5.63 Å². The van der Waals surface area contributed by atoms with Crippen molar-refractivity contribution in [1.82, 2.24) is 0 Å².